The molecule has 0 radical (unpaired) electrons. The van der Waals surface area contributed by atoms with Gasteiger partial charge in [0.1, 0.15) is 11.6 Å². The average molecular weight is 283 g/mol. The van der Waals surface area contributed by atoms with Gasteiger partial charge in [0.15, 0.2) is 0 Å². The Morgan fingerprint density at radius 1 is 1.53 bits per heavy atom. The van der Waals surface area contributed by atoms with Crippen LogP contribution in [0.4, 0.5) is 4.39 Å². The molecular formula is C14H18FNO2S. The summed E-state index contributed by atoms with van der Waals surface area (Å²) in [5.41, 5.74) is 0.00662. The normalized spacial score (nSPS) is 22.4. The summed E-state index contributed by atoms with van der Waals surface area (Å²) in [5, 5.41) is 12.9. The third-order valence-corrected chi connectivity index (χ3v) is 4.68. The zero-order valence-electron chi connectivity index (χ0n) is 10.9. The van der Waals surface area contributed by atoms with E-state index in [1.54, 1.807) is 0 Å². The first kappa shape index (κ1) is 14.2. The fourth-order valence-electron chi connectivity index (χ4n) is 2.44. The second-order valence-corrected chi connectivity index (χ2v) is 6.18. The van der Waals surface area contributed by atoms with Gasteiger partial charge in [0, 0.05) is 11.3 Å². The highest BCUT2D eigenvalue weighted by molar-refractivity contribution is 7.99. The number of nitrogens with one attached hydrogen (secondary N) is 1. The van der Waals surface area contributed by atoms with Gasteiger partial charge in [-0.1, -0.05) is 13.3 Å². The molecule has 0 aromatic heterocycles. The number of phenols is 1. The molecular weight excluding hydrogens is 265 g/mol. The van der Waals surface area contributed by atoms with Gasteiger partial charge in [-0.05, 0) is 36.8 Å². The zero-order valence-corrected chi connectivity index (χ0v) is 11.7. The van der Waals surface area contributed by atoms with E-state index in [0.29, 0.717) is 5.25 Å². The molecule has 19 heavy (non-hydrogen) atoms. The first-order valence-corrected chi connectivity index (χ1v) is 7.57. The molecule has 1 saturated carbocycles. The van der Waals surface area contributed by atoms with Crippen molar-refractivity contribution in [3.05, 3.63) is 29.6 Å². The number of hydrogen-bond acceptors (Lipinski definition) is 3. The van der Waals surface area contributed by atoms with Crippen LogP contribution in [0.3, 0.4) is 0 Å². The topological polar surface area (TPSA) is 49.3 Å². The number of benzene rings is 1. The molecule has 0 bridgehead atoms. The van der Waals surface area contributed by atoms with Crippen molar-refractivity contribution in [3.8, 4) is 5.75 Å². The van der Waals surface area contributed by atoms with Gasteiger partial charge < -0.3 is 10.4 Å². The van der Waals surface area contributed by atoms with Gasteiger partial charge in [0.2, 0.25) is 0 Å². The fourth-order valence-corrected chi connectivity index (χ4v) is 3.64. The van der Waals surface area contributed by atoms with Crippen LogP contribution in [0.5, 0.6) is 5.75 Å². The van der Waals surface area contributed by atoms with E-state index in [2.05, 4.69) is 12.2 Å². The molecule has 0 aliphatic heterocycles. The molecule has 0 saturated heterocycles. The first-order chi connectivity index (χ1) is 9.11. The number of carbonyl (C=O) groups excluding carboxylic acids is 1. The minimum absolute atomic E-state index is 0.00662. The maximum Gasteiger partial charge on any atom is 0.255 e. The predicted octanol–water partition coefficient (Wildman–Crippen LogP) is 2.94. The Balaban J connectivity index is 2.06. The first-order valence-electron chi connectivity index (χ1n) is 6.52. The molecule has 2 unspecified atom stereocenters. The third-order valence-electron chi connectivity index (χ3n) is 3.35. The van der Waals surface area contributed by atoms with Crippen molar-refractivity contribution in [2.75, 3.05) is 5.75 Å². The fraction of sp³-hybridized carbons (Fsp3) is 0.500. The smallest absolute Gasteiger partial charge is 0.255 e. The minimum Gasteiger partial charge on any atom is -0.507 e. The number of phenolic OH excluding ortho intramolecular Hbond substituents is 1. The standard InChI is InChI=1S/C14H18FNO2S/c1-2-19-13-5-3-4-11(13)16-14(18)10-8-9(15)6-7-12(10)17/h6-8,11,13,17H,2-5H2,1H3,(H,16,18). The van der Waals surface area contributed by atoms with E-state index in [1.165, 1.54) is 6.07 Å². The van der Waals surface area contributed by atoms with Crippen LogP contribution in [-0.2, 0) is 0 Å². The van der Waals surface area contributed by atoms with Gasteiger partial charge >= 0.3 is 0 Å². The number of hydrogen-bond donors (Lipinski definition) is 2. The number of halogens is 1. The Labute approximate surface area is 116 Å². The van der Waals surface area contributed by atoms with Crippen LogP contribution >= 0.6 is 11.8 Å². The lowest BCUT2D eigenvalue weighted by atomic mass is 10.1. The molecule has 5 heteroatoms. The lowest BCUT2D eigenvalue weighted by Gasteiger charge is -2.20. The Hall–Kier alpha value is -1.23. The van der Waals surface area contributed by atoms with Crippen molar-refractivity contribution < 1.29 is 14.3 Å². The summed E-state index contributed by atoms with van der Waals surface area (Å²) >= 11 is 1.84. The molecule has 0 spiro atoms. The van der Waals surface area contributed by atoms with E-state index in [4.69, 9.17) is 0 Å². The molecule has 1 aromatic rings. The Kier molecular flexibility index (Phi) is 4.69. The van der Waals surface area contributed by atoms with Crippen molar-refractivity contribution >= 4 is 17.7 Å². The highest BCUT2D eigenvalue weighted by atomic mass is 32.2. The molecule has 104 valence electrons. The molecule has 1 amide bonds. The summed E-state index contributed by atoms with van der Waals surface area (Å²) < 4.78 is 13.1. The van der Waals surface area contributed by atoms with Crippen LogP contribution in [0.15, 0.2) is 18.2 Å². The van der Waals surface area contributed by atoms with Crippen LogP contribution in [0.2, 0.25) is 0 Å². The number of rotatable bonds is 4. The Morgan fingerprint density at radius 2 is 2.32 bits per heavy atom. The van der Waals surface area contributed by atoms with Crippen molar-refractivity contribution in [2.45, 2.75) is 37.5 Å². The molecule has 1 aliphatic rings. The number of amides is 1. The molecule has 3 nitrogen and oxygen atoms in total. The van der Waals surface area contributed by atoms with Gasteiger partial charge in [-0.2, -0.15) is 11.8 Å². The molecule has 2 atom stereocenters. The van der Waals surface area contributed by atoms with E-state index in [0.717, 1.165) is 37.1 Å². The minimum atomic E-state index is -0.520. The second-order valence-electron chi connectivity index (χ2n) is 4.67. The highest BCUT2D eigenvalue weighted by Crippen LogP contribution is 2.30. The quantitative estimate of drug-likeness (QED) is 0.893. The summed E-state index contributed by atoms with van der Waals surface area (Å²) in [6.45, 7) is 2.10. The van der Waals surface area contributed by atoms with Crippen LogP contribution < -0.4 is 5.32 Å². The summed E-state index contributed by atoms with van der Waals surface area (Å²) in [5.74, 6) is -0.0848. The molecule has 2 N–H and O–H groups in total. The molecule has 1 aromatic carbocycles. The van der Waals surface area contributed by atoms with Gasteiger partial charge in [0.05, 0.1) is 5.56 Å². The Bertz CT molecular complexity index is 467. The van der Waals surface area contributed by atoms with Crippen molar-refractivity contribution in [3.63, 3.8) is 0 Å². The maximum atomic E-state index is 13.1. The monoisotopic (exact) mass is 283 g/mol. The van der Waals surface area contributed by atoms with E-state index in [1.807, 2.05) is 11.8 Å². The molecule has 1 aliphatic carbocycles. The largest absolute Gasteiger partial charge is 0.507 e. The highest BCUT2D eigenvalue weighted by Gasteiger charge is 2.29. The number of carbonyl (C=O) groups is 1. The molecule has 0 heterocycles. The van der Waals surface area contributed by atoms with E-state index in [-0.39, 0.29) is 17.4 Å². The number of aromatic hydroxyl groups is 1. The number of thioether (sulfide) groups is 1. The van der Waals surface area contributed by atoms with Gasteiger partial charge in [-0.25, -0.2) is 4.39 Å². The molecule has 2 rings (SSSR count). The summed E-state index contributed by atoms with van der Waals surface area (Å²) in [6, 6.07) is 3.52. The predicted molar refractivity (Wildman–Crippen MR) is 75.1 cm³/mol. The van der Waals surface area contributed by atoms with Crippen molar-refractivity contribution in [2.24, 2.45) is 0 Å². The zero-order chi connectivity index (χ0) is 13.8. The molecule has 1 fully saturated rings. The summed E-state index contributed by atoms with van der Waals surface area (Å²) in [6.07, 6.45) is 3.13. The lowest BCUT2D eigenvalue weighted by Crippen LogP contribution is -2.38. The van der Waals surface area contributed by atoms with Crippen molar-refractivity contribution in [1.82, 2.24) is 5.32 Å². The maximum absolute atomic E-state index is 13.1. The van der Waals surface area contributed by atoms with E-state index in [9.17, 15) is 14.3 Å². The van der Waals surface area contributed by atoms with Gasteiger partial charge in [-0.3, -0.25) is 4.79 Å². The van der Waals surface area contributed by atoms with Crippen LogP contribution in [0.25, 0.3) is 0 Å². The van der Waals surface area contributed by atoms with E-state index < -0.39 is 11.7 Å². The van der Waals surface area contributed by atoms with Crippen LogP contribution in [-0.4, -0.2) is 28.1 Å². The summed E-state index contributed by atoms with van der Waals surface area (Å²) in [7, 11) is 0. The SMILES string of the molecule is CCSC1CCCC1NC(=O)c1cc(F)ccc1O. The van der Waals surface area contributed by atoms with Gasteiger partial charge in [0.25, 0.3) is 5.91 Å². The Morgan fingerprint density at radius 3 is 3.05 bits per heavy atom. The summed E-state index contributed by atoms with van der Waals surface area (Å²) in [4.78, 5) is 12.1. The van der Waals surface area contributed by atoms with Crippen molar-refractivity contribution in [1.29, 1.82) is 0 Å². The second kappa shape index (κ2) is 6.28. The average Bonchev–Trinajstić information content (AvgIpc) is 2.80. The van der Waals surface area contributed by atoms with Gasteiger partial charge in [-0.15, -0.1) is 0 Å². The van der Waals surface area contributed by atoms with Crippen LogP contribution in [0.1, 0.15) is 36.5 Å². The lowest BCUT2D eigenvalue weighted by molar-refractivity contribution is 0.0935. The van der Waals surface area contributed by atoms with Crippen LogP contribution in [0, 0.1) is 5.82 Å². The third kappa shape index (κ3) is 3.41. The van der Waals surface area contributed by atoms with E-state index >= 15 is 0 Å².